The Balaban J connectivity index is 1.09. The smallest absolute Gasteiger partial charge is 0.250 e. The van der Waals surface area contributed by atoms with E-state index in [1.165, 1.54) is 25.3 Å². The summed E-state index contributed by atoms with van der Waals surface area (Å²) in [6.45, 7) is 12.4. The minimum atomic E-state index is -0.0774. The van der Waals surface area contributed by atoms with E-state index in [9.17, 15) is 4.79 Å². The molecule has 1 atom stereocenters. The minimum Gasteiger partial charge on any atom is -0.381 e. The Bertz CT molecular complexity index is 1490. The van der Waals surface area contributed by atoms with Gasteiger partial charge in [0.1, 0.15) is 0 Å². The molecule has 0 aliphatic carbocycles. The summed E-state index contributed by atoms with van der Waals surface area (Å²) in [5.74, 6) is 0. The summed E-state index contributed by atoms with van der Waals surface area (Å²) >= 11 is 3.60. The number of aromatic amines is 1. The molecule has 9 nitrogen and oxygen atoms in total. The maximum absolute atomic E-state index is 12.7. The van der Waals surface area contributed by atoms with Gasteiger partial charge in [-0.05, 0) is 36.8 Å². The summed E-state index contributed by atoms with van der Waals surface area (Å²) in [6, 6.07) is 17.3. The van der Waals surface area contributed by atoms with Gasteiger partial charge >= 0.3 is 0 Å². The van der Waals surface area contributed by atoms with Crippen molar-refractivity contribution >= 4 is 34.9 Å². The average Bonchev–Trinajstić information content (AvgIpc) is 3.07. The van der Waals surface area contributed by atoms with Gasteiger partial charge in [0.25, 0.3) is 0 Å². The molecule has 3 aromatic rings. The van der Waals surface area contributed by atoms with E-state index in [4.69, 9.17) is 14.2 Å². The zero-order valence-corrected chi connectivity index (χ0v) is 26.7. The number of aromatic nitrogens is 1. The Labute approximate surface area is 267 Å². The highest BCUT2D eigenvalue weighted by atomic mass is 32.2. The zero-order valence-electron chi connectivity index (χ0n) is 25.1. The van der Waals surface area contributed by atoms with Gasteiger partial charge in [0.2, 0.25) is 5.56 Å². The lowest BCUT2D eigenvalue weighted by Gasteiger charge is -2.33. The van der Waals surface area contributed by atoms with Crippen LogP contribution in [0.4, 0.5) is 11.4 Å². The summed E-state index contributed by atoms with van der Waals surface area (Å²) in [5, 5.41) is 3.90. The lowest BCUT2D eigenvalue weighted by atomic mass is 10.1. The van der Waals surface area contributed by atoms with Crippen LogP contribution in [0.3, 0.4) is 0 Å². The summed E-state index contributed by atoms with van der Waals surface area (Å²) < 4.78 is 16.7. The fourth-order valence-corrected chi connectivity index (χ4v) is 8.70. The number of hydrogen-bond acceptors (Lipinski definition) is 10. The molecule has 234 valence electrons. The summed E-state index contributed by atoms with van der Waals surface area (Å²) in [7, 11) is 0. The molecular formula is C33H41N5O4S2. The maximum atomic E-state index is 12.7. The number of hydrogen-bond donors (Lipinski definition) is 2. The van der Waals surface area contributed by atoms with E-state index in [0.717, 1.165) is 102 Å². The number of morpholine rings is 3. The van der Waals surface area contributed by atoms with Crippen molar-refractivity contribution in [3.05, 3.63) is 58.9 Å². The number of benzene rings is 2. The predicted octanol–water partition coefficient (Wildman–Crippen LogP) is 4.33. The van der Waals surface area contributed by atoms with E-state index in [0.29, 0.717) is 19.3 Å². The first kappa shape index (κ1) is 30.2. The van der Waals surface area contributed by atoms with Crippen LogP contribution >= 0.6 is 23.5 Å². The molecule has 0 spiro atoms. The van der Waals surface area contributed by atoms with E-state index < -0.39 is 0 Å². The van der Waals surface area contributed by atoms with Crippen molar-refractivity contribution in [2.45, 2.75) is 32.0 Å². The fourth-order valence-electron chi connectivity index (χ4n) is 6.29. The number of rotatable bonds is 9. The second kappa shape index (κ2) is 14.3. The van der Waals surface area contributed by atoms with Gasteiger partial charge in [-0.15, -0.1) is 0 Å². The third kappa shape index (κ3) is 7.31. The predicted molar refractivity (Wildman–Crippen MR) is 177 cm³/mol. The molecule has 0 bridgehead atoms. The molecule has 4 aliphatic heterocycles. The highest BCUT2D eigenvalue weighted by molar-refractivity contribution is 8.05. The normalized spacial score (nSPS) is 20.1. The number of pyridine rings is 1. The van der Waals surface area contributed by atoms with Crippen molar-refractivity contribution in [2.24, 2.45) is 0 Å². The molecule has 5 heterocycles. The molecule has 3 saturated heterocycles. The molecule has 1 aromatic heterocycles. The summed E-state index contributed by atoms with van der Waals surface area (Å²) in [4.78, 5) is 28.0. The molecule has 11 heteroatoms. The molecule has 0 radical (unpaired) electrons. The molecule has 3 fully saturated rings. The first-order chi connectivity index (χ1) is 21.7. The van der Waals surface area contributed by atoms with Gasteiger partial charge in [-0.3, -0.25) is 14.6 Å². The van der Waals surface area contributed by atoms with Gasteiger partial charge in [-0.1, -0.05) is 35.7 Å². The summed E-state index contributed by atoms with van der Waals surface area (Å²) in [5.41, 5.74) is 3.96. The zero-order chi connectivity index (χ0) is 29.7. The Hall–Kier alpha value is -2.51. The highest BCUT2D eigenvalue weighted by Gasteiger charge is 2.24. The van der Waals surface area contributed by atoms with Crippen LogP contribution in [0.25, 0.3) is 11.3 Å². The SMILES string of the molecule is O=c1cc(N2CCOCC2)cc(-c2cccc3c2Sc2ccc(NC(CCN4CCOCC4)CN4CCOCC4)cc2S3)[nH]1. The van der Waals surface area contributed by atoms with Gasteiger partial charge in [0.15, 0.2) is 0 Å². The monoisotopic (exact) mass is 635 g/mol. The number of anilines is 2. The van der Waals surface area contributed by atoms with Crippen LogP contribution in [-0.4, -0.2) is 113 Å². The van der Waals surface area contributed by atoms with Crippen molar-refractivity contribution < 1.29 is 14.2 Å². The number of nitrogens with one attached hydrogen (secondary N) is 2. The van der Waals surface area contributed by atoms with Crippen molar-refractivity contribution in [1.29, 1.82) is 0 Å². The van der Waals surface area contributed by atoms with E-state index in [2.05, 4.69) is 67.5 Å². The lowest BCUT2D eigenvalue weighted by molar-refractivity contribution is 0.0292. The maximum Gasteiger partial charge on any atom is 0.250 e. The molecule has 2 aromatic carbocycles. The van der Waals surface area contributed by atoms with Gasteiger partial charge in [-0.2, -0.15) is 0 Å². The standard InChI is InChI=1S/C33H41N5O4S2/c39-32-22-26(38-12-18-42-19-13-38)21-28(35-32)27-2-1-3-30-33(27)44-29-5-4-24(20-31(29)43-30)34-25(23-37-10-16-41-17-11-37)6-7-36-8-14-40-15-9-36/h1-5,20-22,25,34H,6-19,23H2,(H,35,39). The van der Waals surface area contributed by atoms with E-state index in [1.54, 1.807) is 17.8 Å². The topological polar surface area (TPSA) is 82.3 Å². The Morgan fingerprint density at radius 1 is 0.773 bits per heavy atom. The second-order valence-corrected chi connectivity index (χ2v) is 13.8. The number of ether oxygens (including phenoxy) is 3. The first-order valence-electron chi connectivity index (χ1n) is 15.7. The average molecular weight is 636 g/mol. The number of fused-ring (bicyclic) bond motifs is 2. The Kier molecular flexibility index (Phi) is 9.79. The van der Waals surface area contributed by atoms with Gasteiger partial charge in [0, 0.05) is 101 Å². The van der Waals surface area contributed by atoms with Gasteiger partial charge in [-0.25, -0.2) is 0 Å². The minimum absolute atomic E-state index is 0.0774. The number of H-pyrrole nitrogens is 1. The van der Waals surface area contributed by atoms with Gasteiger partial charge < -0.3 is 29.4 Å². The fraction of sp³-hybridized carbons (Fsp3) is 0.485. The van der Waals surface area contributed by atoms with Crippen LogP contribution in [0, 0.1) is 0 Å². The quantitative estimate of drug-likeness (QED) is 0.278. The summed E-state index contributed by atoms with van der Waals surface area (Å²) in [6.07, 6.45) is 1.09. The molecule has 0 amide bonds. The first-order valence-corrected chi connectivity index (χ1v) is 17.4. The molecule has 1 unspecified atom stereocenters. The third-order valence-electron chi connectivity index (χ3n) is 8.70. The van der Waals surface area contributed by atoms with E-state index in [1.807, 2.05) is 11.8 Å². The van der Waals surface area contributed by atoms with Crippen molar-refractivity contribution in [3.63, 3.8) is 0 Å². The van der Waals surface area contributed by atoms with Crippen LogP contribution in [0.15, 0.2) is 72.9 Å². The molecular weight excluding hydrogens is 595 g/mol. The van der Waals surface area contributed by atoms with Crippen molar-refractivity contribution in [2.75, 3.05) is 102 Å². The molecule has 0 saturated carbocycles. The van der Waals surface area contributed by atoms with Crippen LogP contribution < -0.4 is 15.8 Å². The Morgan fingerprint density at radius 2 is 1.50 bits per heavy atom. The third-order valence-corrected chi connectivity index (χ3v) is 11.3. The molecule has 44 heavy (non-hydrogen) atoms. The molecule has 2 N–H and O–H groups in total. The lowest BCUT2D eigenvalue weighted by Crippen LogP contribution is -2.45. The number of nitrogens with zero attached hydrogens (tertiary/aromatic N) is 3. The van der Waals surface area contributed by atoms with E-state index >= 15 is 0 Å². The van der Waals surface area contributed by atoms with Crippen molar-refractivity contribution in [3.8, 4) is 11.3 Å². The largest absolute Gasteiger partial charge is 0.381 e. The van der Waals surface area contributed by atoms with Crippen LogP contribution in [-0.2, 0) is 14.2 Å². The highest BCUT2D eigenvalue weighted by Crippen LogP contribution is 2.52. The van der Waals surface area contributed by atoms with Crippen LogP contribution in [0.5, 0.6) is 0 Å². The molecule has 4 aliphatic rings. The van der Waals surface area contributed by atoms with Crippen LogP contribution in [0.2, 0.25) is 0 Å². The second-order valence-electron chi connectivity index (χ2n) is 11.7. The van der Waals surface area contributed by atoms with Crippen molar-refractivity contribution in [1.82, 2.24) is 14.8 Å². The molecule has 7 rings (SSSR count). The Morgan fingerprint density at radius 3 is 2.27 bits per heavy atom. The van der Waals surface area contributed by atoms with Gasteiger partial charge in [0.05, 0.1) is 45.3 Å². The van der Waals surface area contributed by atoms with Crippen LogP contribution in [0.1, 0.15) is 6.42 Å². The van der Waals surface area contributed by atoms with E-state index in [-0.39, 0.29) is 5.56 Å².